The smallest absolute Gasteiger partial charge is 0.223 e. The first-order chi connectivity index (χ1) is 15.0. The number of nitrogens with zero attached hydrogens (tertiary/aromatic N) is 3. The second kappa shape index (κ2) is 10.8. The summed E-state index contributed by atoms with van der Waals surface area (Å²) in [7, 11) is 1.75. The summed E-state index contributed by atoms with van der Waals surface area (Å²) in [6.45, 7) is 3.01. The van der Waals surface area contributed by atoms with E-state index >= 15 is 0 Å². The number of hydrogen-bond donors (Lipinski definition) is 1. The van der Waals surface area contributed by atoms with Gasteiger partial charge in [-0.1, -0.05) is 48.9 Å². The van der Waals surface area contributed by atoms with Crippen molar-refractivity contribution in [2.45, 2.75) is 32.7 Å². The molecule has 0 saturated heterocycles. The van der Waals surface area contributed by atoms with Crippen LogP contribution in [0.15, 0.2) is 60.8 Å². The van der Waals surface area contributed by atoms with Crippen LogP contribution in [0.25, 0.3) is 16.9 Å². The predicted octanol–water partition coefficient (Wildman–Crippen LogP) is 4.46. The molecule has 31 heavy (non-hydrogen) atoms. The van der Waals surface area contributed by atoms with Gasteiger partial charge in [0.1, 0.15) is 0 Å². The van der Waals surface area contributed by atoms with Crippen LogP contribution in [0.5, 0.6) is 0 Å². The number of carbonyl (C=O) groups excluding carboxylic acids is 2. The number of nitrogens with one attached hydrogen (secondary N) is 1. The Morgan fingerprint density at radius 1 is 1.06 bits per heavy atom. The van der Waals surface area contributed by atoms with Gasteiger partial charge >= 0.3 is 0 Å². The number of benzene rings is 2. The topological polar surface area (TPSA) is 67.2 Å². The molecule has 0 saturated carbocycles. The van der Waals surface area contributed by atoms with Crippen molar-refractivity contribution in [1.82, 2.24) is 20.0 Å². The molecule has 6 nitrogen and oxygen atoms in total. The Labute approximate surface area is 187 Å². The first kappa shape index (κ1) is 22.6. The van der Waals surface area contributed by atoms with Crippen molar-refractivity contribution in [1.29, 1.82) is 0 Å². The molecule has 0 radical (unpaired) electrons. The van der Waals surface area contributed by atoms with E-state index in [0.717, 1.165) is 28.9 Å². The second-order valence-electron chi connectivity index (χ2n) is 7.39. The van der Waals surface area contributed by atoms with Gasteiger partial charge in [-0.05, 0) is 30.7 Å². The van der Waals surface area contributed by atoms with Crippen molar-refractivity contribution in [2.24, 2.45) is 0 Å². The highest BCUT2D eigenvalue weighted by Gasteiger charge is 2.17. The fourth-order valence-electron chi connectivity index (χ4n) is 3.20. The molecular weight excluding hydrogens is 412 g/mol. The van der Waals surface area contributed by atoms with Crippen LogP contribution in [0.1, 0.15) is 31.7 Å². The Morgan fingerprint density at radius 3 is 2.45 bits per heavy atom. The Bertz CT molecular complexity index is 1020. The highest BCUT2D eigenvalue weighted by Crippen LogP contribution is 2.26. The van der Waals surface area contributed by atoms with Gasteiger partial charge in [-0.25, -0.2) is 4.68 Å². The van der Waals surface area contributed by atoms with Gasteiger partial charge in [-0.2, -0.15) is 5.10 Å². The quantitative estimate of drug-likeness (QED) is 0.536. The van der Waals surface area contributed by atoms with Gasteiger partial charge in [-0.15, -0.1) is 0 Å². The van der Waals surface area contributed by atoms with Crippen molar-refractivity contribution in [3.8, 4) is 16.9 Å². The van der Waals surface area contributed by atoms with E-state index in [9.17, 15) is 9.59 Å². The van der Waals surface area contributed by atoms with Gasteiger partial charge in [-0.3, -0.25) is 9.59 Å². The van der Waals surface area contributed by atoms with Crippen LogP contribution < -0.4 is 5.32 Å². The highest BCUT2D eigenvalue weighted by atomic mass is 35.5. The van der Waals surface area contributed by atoms with Crippen LogP contribution in [0, 0.1) is 0 Å². The molecule has 7 heteroatoms. The highest BCUT2D eigenvalue weighted by molar-refractivity contribution is 6.30. The van der Waals surface area contributed by atoms with Crippen LogP contribution in [-0.4, -0.2) is 40.1 Å². The molecule has 0 atom stereocenters. The molecule has 0 spiro atoms. The molecule has 0 fully saturated rings. The number of halogens is 1. The summed E-state index contributed by atoms with van der Waals surface area (Å²) in [5.41, 5.74) is 3.57. The first-order valence-corrected chi connectivity index (χ1v) is 10.8. The van der Waals surface area contributed by atoms with Gasteiger partial charge in [0.15, 0.2) is 0 Å². The summed E-state index contributed by atoms with van der Waals surface area (Å²) in [6.07, 6.45) is 3.18. The van der Waals surface area contributed by atoms with Crippen molar-refractivity contribution in [3.05, 3.63) is 71.4 Å². The molecule has 1 N–H and O–H groups in total. The molecule has 1 heterocycles. The van der Waals surface area contributed by atoms with E-state index in [0.29, 0.717) is 18.1 Å². The van der Waals surface area contributed by atoms with Crippen molar-refractivity contribution in [3.63, 3.8) is 0 Å². The zero-order chi connectivity index (χ0) is 22.2. The molecule has 3 rings (SSSR count). The molecule has 1 aromatic heterocycles. The van der Waals surface area contributed by atoms with Crippen LogP contribution in [0.4, 0.5) is 0 Å². The minimum atomic E-state index is -0.0950. The Kier molecular flexibility index (Phi) is 7.84. The van der Waals surface area contributed by atoms with E-state index in [1.807, 2.05) is 72.4 Å². The molecule has 0 aliphatic carbocycles. The minimum absolute atomic E-state index is 0.0823. The summed E-state index contributed by atoms with van der Waals surface area (Å²) in [5.74, 6) is -0.177. The third kappa shape index (κ3) is 6.18. The predicted molar refractivity (Wildman–Crippen MR) is 123 cm³/mol. The maximum atomic E-state index is 12.6. The lowest BCUT2D eigenvalue weighted by molar-refractivity contribution is -0.132. The average molecular weight is 439 g/mol. The van der Waals surface area contributed by atoms with E-state index in [1.54, 1.807) is 11.9 Å². The molecule has 0 unspecified atom stereocenters. The van der Waals surface area contributed by atoms with Gasteiger partial charge < -0.3 is 10.2 Å². The number of hydrogen-bond acceptors (Lipinski definition) is 3. The summed E-state index contributed by atoms with van der Waals surface area (Å²) >= 11 is 6.05. The average Bonchev–Trinajstić information content (AvgIpc) is 3.20. The maximum absolute atomic E-state index is 12.6. The summed E-state index contributed by atoms with van der Waals surface area (Å²) in [5, 5.41) is 8.23. The van der Waals surface area contributed by atoms with E-state index in [2.05, 4.69) is 5.32 Å². The number of amides is 2. The summed E-state index contributed by atoms with van der Waals surface area (Å²) < 4.78 is 1.82. The standard InChI is InChI=1S/C24H27ClN4O2/c1-3-15-26-22(30)13-14-23(31)28(2)16-19-17-29(21-7-5-4-6-8-21)27-24(19)18-9-11-20(25)12-10-18/h4-12,17H,3,13-16H2,1-2H3,(H,26,30). The lowest BCUT2D eigenvalue weighted by Crippen LogP contribution is -2.29. The molecule has 0 aliphatic heterocycles. The van der Waals surface area contributed by atoms with Crippen molar-refractivity contribution in [2.75, 3.05) is 13.6 Å². The summed E-state index contributed by atoms with van der Waals surface area (Å²) in [4.78, 5) is 26.0. The molecule has 162 valence electrons. The zero-order valence-corrected chi connectivity index (χ0v) is 18.6. The minimum Gasteiger partial charge on any atom is -0.356 e. The number of carbonyl (C=O) groups is 2. The fourth-order valence-corrected chi connectivity index (χ4v) is 3.32. The van der Waals surface area contributed by atoms with Crippen LogP contribution in [-0.2, 0) is 16.1 Å². The lowest BCUT2D eigenvalue weighted by atomic mass is 10.1. The molecule has 0 aliphatic rings. The lowest BCUT2D eigenvalue weighted by Gasteiger charge is -2.17. The van der Waals surface area contributed by atoms with Gasteiger partial charge in [0.05, 0.1) is 11.4 Å². The molecular formula is C24H27ClN4O2. The Morgan fingerprint density at radius 2 is 1.77 bits per heavy atom. The SMILES string of the molecule is CCCNC(=O)CCC(=O)N(C)Cc1cn(-c2ccccc2)nc1-c1ccc(Cl)cc1. The van der Waals surface area contributed by atoms with Crippen molar-refractivity contribution >= 4 is 23.4 Å². The van der Waals surface area contributed by atoms with E-state index in [-0.39, 0.29) is 24.7 Å². The van der Waals surface area contributed by atoms with E-state index in [1.165, 1.54) is 0 Å². The second-order valence-corrected chi connectivity index (χ2v) is 7.83. The van der Waals surface area contributed by atoms with E-state index in [4.69, 9.17) is 16.7 Å². The number of para-hydroxylation sites is 1. The Hall–Kier alpha value is -3.12. The normalized spacial score (nSPS) is 10.7. The third-order valence-electron chi connectivity index (χ3n) is 4.90. The van der Waals surface area contributed by atoms with Crippen LogP contribution in [0.2, 0.25) is 5.02 Å². The fraction of sp³-hybridized carbons (Fsp3) is 0.292. The third-order valence-corrected chi connectivity index (χ3v) is 5.15. The number of aromatic nitrogens is 2. The van der Waals surface area contributed by atoms with Crippen LogP contribution >= 0.6 is 11.6 Å². The Balaban J connectivity index is 1.78. The largest absolute Gasteiger partial charge is 0.356 e. The monoisotopic (exact) mass is 438 g/mol. The first-order valence-electron chi connectivity index (χ1n) is 10.4. The van der Waals surface area contributed by atoms with E-state index < -0.39 is 0 Å². The van der Waals surface area contributed by atoms with Gasteiger partial charge in [0, 0.05) is 55.3 Å². The molecule has 2 aromatic carbocycles. The molecule has 3 aromatic rings. The molecule has 0 bridgehead atoms. The number of rotatable bonds is 9. The van der Waals surface area contributed by atoms with Crippen LogP contribution in [0.3, 0.4) is 0 Å². The van der Waals surface area contributed by atoms with Gasteiger partial charge in [0.25, 0.3) is 0 Å². The van der Waals surface area contributed by atoms with Gasteiger partial charge in [0.2, 0.25) is 11.8 Å². The van der Waals surface area contributed by atoms with Crippen molar-refractivity contribution < 1.29 is 9.59 Å². The summed E-state index contributed by atoms with van der Waals surface area (Å²) in [6, 6.07) is 17.3. The molecule has 2 amide bonds. The zero-order valence-electron chi connectivity index (χ0n) is 17.8. The maximum Gasteiger partial charge on any atom is 0.223 e.